The lowest BCUT2D eigenvalue weighted by molar-refractivity contribution is 1.12. The molecule has 2 aromatic carbocycles. The third-order valence-corrected chi connectivity index (χ3v) is 3.36. The molecule has 1 N–H and O–H groups in total. The van der Waals surface area contributed by atoms with Crippen LogP contribution in [0.2, 0.25) is 0 Å². The molecule has 3 aromatic rings. The fourth-order valence-corrected chi connectivity index (χ4v) is 2.31. The first kappa shape index (κ1) is 11.7. The normalized spacial score (nSPS) is 10.6. The van der Waals surface area contributed by atoms with Crippen LogP contribution in [-0.2, 0) is 6.54 Å². The lowest BCUT2D eigenvalue weighted by Gasteiger charge is -2.10. The summed E-state index contributed by atoms with van der Waals surface area (Å²) in [6, 6.07) is 18.9. The van der Waals surface area contributed by atoms with Crippen molar-refractivity contribution < 1.29 is 0 Å². The molecule has 0 saturated carbocycles. The molecule has 0 fully saturated rings. The van der Waals surface area contributed by atoms with E-state index in [1.54, 1.807) is 0 Å². The number of aryl methyl sites for hydroxylation is 1. The van der Waals surface area contributed by atoms with Gasteiger partial charge in [0.15, 0.2) is 0 Å². The molecule has 0 aliphatic heterocycles. The Hall–Kier alpha value is -2.35. The molecule has 0 unspecified atom stereocenters. The second kappa shape index (κ2) is 5.11. The van der Waals surface area contributed by atoms with Gasteiger partial charge < -0.3 is 5.32 Å². The minimum atomic E-state index is 0.813. The summed E-state index contributed by atoms with van der Waals surface area (Å²) in [5, 5.41) is 6.05. The quantitative estimate of drug-likeness (QED) is 0.753. The molecule has 3 rings (SSSR count). The maximum absolute atomic E-state index is 4.29. The van der Waals surface area contributed by atoms with Crippen molar-refractivity contribution in [3.63, 3.8) is 0 Å². The van der Waals surface area contributed by atoms with Crippen LogP contribution in [-0.4, -0.2) is 4.98 Å². The Labute approximate surface area is 113 Å². The predicted molar refractivity (Wildman–Crippen MR) is 80.2 cm³/mol. The molecule has 2 nitrogen and oxygen atoms in total. The van der Waals surface area contributed by atoms with Gasteiger partial charge in [-0.1, -0.05) is 42.5 Å². The highest BCUT2D eigenvalue weighted by Crippen LogP contribution is 2.20. The Morgan fingerprint density at radius 3 is 2.68 bits per heavy atom. The van der Waals surface area contributed by atoms with Crippen molar-refractivity contribution in [3.05, 3.63) is 72.1 Å². The SMILES string of the molecule is Cc1ncccc1NCc1cccc2ccccc12. The summed E-state index contributed by atoms with van der Waals surface area (Å²) in [5.74, 6) is 0. The smallest absolute Gasteiger partial charge is 0.0603 e. The van der Waals surface area contributed by atoms with Crippen LogP contribution < -0.4 is 5.32 Å². The van der Waals surface area contributed by atoms with Crippen molar-refractivity contribution in [1.82, 2.24) is 4.98 Å². The number of hydrogen-bond acceptors (Lipinski definition) is 2. The van der Waals surface area contributed by atoms with E-state index in [9.17, 15) is 0 Å². The van der Waals surface area contributed by atoms with Gasteiger partial charge in [0.2, 0.25) is 0 Å². The third-order valence-electron chi connectivity index (χ3n) is 3.36. The molecule has 94 valence electrons. The molecule has 0 bridgehead atoms. The molecule has 0 saturated heterocycles. The highest BCUT2D eigenvalue weighted by atomic mass is 14.9. The molecular weight excluding hydrogens is 232 g/mol. The summed E-state index contributed by atoms with van der Waals surface area (Å²) in [4.78, 5) is 4.29. The van der Waals surface area contributed by atoms with E-state index in [0.29, 0.717) is 0 Å². The van der Waals surface area contributed by atoms with E-state index in [0.717, 1.165) is 17.9 Å². The Kier molecular flexibility index (Phi) is 3.15. The molecule has 0 amide bonds. The highest BCUT2D eigenvalue weighted by molar-refractivity contribution is 5.85. The first-order chi connectivity index (χ1) is 9.34. The number of aromatic nitrogens is 1. The van der Waals surface area contributed by atoms with Gasteiger partial charge in [0.25, 0.3) is 0 Å². The summed E-state index contributed by atoms with van der Waals surface area (Å²) < 4.78 is 0. The zero-order chi connectivity index (χ0) is 13.1. The van der Waals surface area contributed by atoms with Gasteiger partial charge in [0.05, 0.1) is 11.4 Å². The number of rotatable bonds is 3. The van der Waals surface area contributed by atoms with Crippen molar-refractivity contribution in [1.29, 1.82) is 0 Å². The summed E-state index contributed by atoms with van der Waals surface area (Å²) in [5.41, 5.74) is 3.43. The number of nitrogens with one attached hydrogen (secondary N) is 1. The van der Waals surface area contributed by atoms with Crippen molar-refractivity contribution in [3.8, 4) is 0 Å². The number of hydrogen-bond donors (Lipinski definition) is 1. The van der Waals surface area contributed by atoms with Crippen molar-refractivity contribution in [2.45, 2.75) is 13.5 Å². The first-order valence-corrected chi connectivity index (χ1v) is 6.47. The van der Waals surface area contributed by atoms with Crippen LogP contribution in [0.15, 0.2) is 60.8 Å². The van der Waals surface area contributed by atoms with E-state index in [1.807, 2.05) is 19.2 Å². The average molecular weight is 248 g/mol. The van der Waals surface area contributed by atoms with Gasteiger partial charge >= 0.3 is 0 Å². The zero-order valence-electron chi connectivity index (χ0n) is 10.9. The van der Waals surface area contributed by atoms with Crippen LogP contribution in [0.1, 0.15) is 11.3 Å². The van der Waals surface area contributed by atoms with Gasteiger partial charge in [-0.15, -0.1) is 0 Å². The second-order valence-corrected chi connectivity index (χ2v) is 4.63. The predicted octanol–water partition coefficient (Wildman–Crippen LogP) is 4.16. The van der Waals surface area contributed by atoms with Gasteiger partial charge in [-0.05, 0) is 35.4 Å². The van der Waals surface area contributed by atoms with E-state index in [2.05, 4.69) is 58.8 Å². The van der Waals surface area contributed by atoms with Crippen molar-refractivity contribution >= 4 is 16.5 Å². The zero-order valence-corrected chi connectivity index (χ0v) is 10.9. The Bertz CT molecular complexity index is 699. The molecule has 1 heterocycles. The number of fused-ring (bicyclic) bond motifs is 1. The van der Waals surface area contributed by atoms with E-state index < -0.39 is 0 Å². The van der Waals surface area contributed by atoms with Crippen LogP contribution in [0.4, 0.5) is 5.69 Å². The Morgan fingerprint density at radius 2 is 1.79 bits per heavy atom. The minimum absolute atomic E-state index is 0.813. The molecular formula is C17H16N2. The monoisotopic (exact) mass is 248 g/mol. The van der Waals surface area contributed by atoms with Crippen molar-refractivity contribution in [2.75, 3.05) is 5.32 Å². The maximum atomic E-state index is 4.29. The summed E-state index contributed by atoms with van der Waals surface area (Å²) in [6.45, 7) is 2.83. The molecule has 2 heteroatoms. The van der Waals surface area contributed by atoms with Crippen LogP contribution in [0.3, 0.4) is 0 Å². The maximum Gasteiger partial charge on any atom is 0.0603 e. The second-order valence-electron chi connectivity index (χ2n) is 4.63. The summed E-state index contributed by atoms with van der Waals surface area (Å²) in [7, 11) is 0. The lowest BCUT2D eigenvalue weighted by Crippen LogP contribution is -2.02. The average Bonchev–Trinajstić information content (AvgIpc) is 2.46. The fourth-order valence-electron chi connectivity index (χ4n) is 2.31. The van der Waals surface area contributed by atoms with Crippen LogP contribution in [0, 0.1) is 6.92 Å². The van der Waals surface area contributed by atoms with Crippen LogP contribution in [0.25, 0.3) is 10.8 Å². The Morgan fingerprint density at radius 1 is 0.947 bits per heavy atom. The Balaban J connectivity index is 1.88. The summed E-state index contributed by atoms with van der Waals surface area (Å²) >= 11 is 0. The lowest BCUT2D eigenvalue weighted by atomic mass is 10.0. The van der Waals surface area contributed by atoms with E-state index >= 15 is 0 Å². The largest absolute Gasteiger partial charge is 0.379 e. The van der Waals surface area contributed by atoms with E-state index in [1.165, 1.54) is 16.3 Å². The molecule has 0 atom stereocenters. The van der Waals surface area contributed by atoms with Crippen LogP contribution in [0.5, 0.6) is 0 Å². The topological polar surface area (TPSA) is 24.9 Å². The summed E-state index contributed by atoms with van der Waals surface area (Å²) in [6.07, 6.45) is 1.82. The van der Waals surface area contributed by atoms with Gasteiger partial charge in [0.1, 0.15) is 0 Å². The molecule has 1 aromatic heterocycles. The van der Waals surface area contributed by atoms with Gasteiger partial charge in [-0.2, -0.15) is 0 Å². The number of nitrogens with zero attached hydrogens (tertiary/aromatic N) is 1. The number of pyridine rings is 1. The molecule has 0 aliphatic rings. The van der Waals surface area contributed by atoms with Gasteiger partial charge in [-0.3, -0.25) is 4.98 Å². The van der Waals surface area contributed by atoms with Crippen molar-refractivity contribution in [2.24, 2.45) is 0 Å². The van der Waals surface area contributed by atoms with E-state index in [-0.39, 0.29) is 0 Å². The van der Waals surface area contributed by atoms with Gasteiger partial charge in [0, 0.05) is 12.7 Å². The molecule has 0 aliphatic carbocycles. The number of benzene rings is 2. The highest BCUT2D eigenvalue weighted by Gasteiger charge is 2.01. The standard InChI is InChI=1S/C17H16N2/c1-13-17(10-5-11-18-13)19-12-15-8-4-7-14-6-2-3-9-16(14)15/h2-11,19H,12H2,1H3. The molecule has 19 heavy (non-hydrogen) atoms. The number of anilines is 1. The van der Waals surface area contributed by atoms with Gasteiger partial charge in [-0.25, -0.2) is 0 Å². The minimum Gasteiger partial charge on any atom is -0.379 e. The third kappa shape index (κ3) is 2.43. The first-order valence-electron chi connectivity index (χ1n) is 6.47. The molecule has 0 spiro atoms. The molecule has 0 radical (unpaired) electrons. The van der Waals surface area contributed by atoms with E-state index in [4.69, 9.17) is 0 Å². The fraction of sp³-hybridized carbons (Fsp3) is 0.118. The van der Waals surface area contributed by atoms with Crippen LogP contribution >= 0.6 is 0 Å².